The van der Waals surface area contributed by atoms with Gasteiger partial charge in [-0.3, -0.25) is 9.00 Å². The molecule has 2 aromatic carbocycles. The van der Waals surface area contributed by atoms with Gasteiger partial charge in [0.25, 0.3) is 5.91 Å². The van der Waals surface area contributed by atoms with E-state index in [-0.39, 0.29) is 23.2 Å². The van der Waals surface area contributed by atoms with Crippen LogP contribution in [0.5, 0.6) is 0 Å². The molecule has 7 heteroatoms. The molecule has 0 aliphatic carbocycles. The minimum absolute atomic E-state index is 0.138. The fourth-order valence-electron chi connectivity index (χ4n) is 3.75. The predicted octanol–water partition coefficient (Wildman–Crippen LogP) is 4.31. The Morgan fingerprint density at radius 1 is 1.00 bits per heavy atom. The number of furan rings is 1. The highest BCUT2D eigenvalue weighted by Crippen LogP contribution is 2.24. The van der Waals surface area contributed by atoms with E-state index in [0.29, 0.717) is 23.7 Å². The third kappa shape index (κ3) is 4.71. The molecule has 1 saturated heterocycles. The van der Waals surface area contributed by atoms with Crippen molar-refractivity contribution in [2.24, 2.45) is 0 Å². The molecule has 1 atom stereocenters. The molecule has 5 nitrogen and oxygen atoms in total. The number of nitrogens with zero attached hydrogens (tertiary/aromatic N) is 2. The molecule has 2 heterocycles. The summed E-state index contributed by atoms with van der Waals surface area (Å²) in [7, 11) is -1.37. The van der Waals surface area contributed by atoms with Crippen LogP contribution in [0.2, 0.25) is 0 Å². The third-order valence-electron chi connectivity index (χ3n) is 5.71. The van der Waals surface area contributed by atoms with Gasteiger partial charge in [0.1, 0.15) is 11.6 Å². The van der Waals surface area contributed by atoms with Crippen LogP contribution in [0.25, 0.3) is 0 Å². The average Bonchev–Trinajstić information content (AvgIpc) is 3.24. The fourth-order valence-corrected chi connectivity index (χ4v) is 4.77. The van der Waals surface area contributed by atoms with Crippen LogP contribution in [0.4, 0.5) is 10.1 Å². The normalized spacial score (nSPS) is 15.2. The van der Waals surface area contributed by atoms with E-state index in [9.17, 15) is 13.4 Å². The fraction of sp³-hybridized carbons (Fsp3) is 0.292. The van der Waals surface area contributed by atoms with E-state index in [0.717, 1.165) is 13.1 Å². The van der Waals surface area contributed by atoms with E-state index in [2.05, 4.69) is 36.9 Å². The van der Waals surface area contributed by atoms with Gasteiger partial charge in [0.15, 0.2) is 5.76 Å². The van der Waals surface area contributed by atoms with Crippen molar-refractivity contribution in [1.29, 1.82) is 0 Å². The molecule has 1 aliphatic rings. The lowest BCUT2D eigenvalue weighted by molar-refractivity contribution is 0.0713. The second kappa shape index (κ2) is 9.06. The molecule has 0 spiro atoms. The Balaban J connectivity index is 1.36. The van der Waals surface area contributed by atoms with E-state index in [1.807, 2.05) is 0 Å². The Kier molecular flexibility index (Phi) is 6.23. The molecule has 31 heavy (non-hydrogen) atoms. The van der Waals surface area contributed by atoms with Crippen LogP contribution >= 0.6 is 0 Å². The van der Waals surface area contributed by atoms with Crippen molar-refractivity contribution in [1.82, 2.24) is 4.90 Å². The molecule has 1 amide bonds. The highest BCUT2D eigenvalue weighted by molar-refractivity contribution is 7.84. The molecule has 0 N–H and O–H groups in total. The lowest BCUT2D eigenvalue weighted by Crippen LogP contribution is -2.49. The van der Waals surface area contributed by atoms with Crippen molar-refractivity contribution in [2.75, 3.05) is 31.1 Å². The predicted molar refractivity (Wildman–Crippen MR) is 119 cm³/mol. The number of carbonyl (C=O) groups excluding carboxylic acids is 1. The smallest absolute Gasteiger partial charge is 0.289 e. The van der Waals surface area contributed by atoms with Crippen molar-refractivity contribution in [2.45, 2.75) is 24.5 Å². The van der Waals surface area contributed by atoms with Crippen molar-refractivity contribution in [3.8, 4) is 0 Å². The molecule has 0 unspecified atom stereocenters. The zero-order valence-corrected chi connectivity index (χ0v) is 18.5. The first-order valence-corrected chi connectivity index (χ1v) is 11.6. The molecular formula is C24H25FN2O3S. The Labute approximate surface area is 183 Å². The number of carbonyl (C=O) groups is 1. The number of aryl methyl sites for hydroxylation is 1. The lowest BCUT2D eigenvalue weighted by Gasteiger charge is -2.36. The maximum atomic E-state index is 13.0. The Morgan fingerprint density at radius 2 is 1.71 bits per heavy atom. The van der Waals surface area contributed by atoms with Crippen LogP contribution in [0.15, 0.2) is 63.9 Å². The molecule has 3 aromatic rings. The van der Waals surface area contributed by atoms with Crippen molar-refractivity contribution in [3.63, 3.8) is 0 Å². The molecule has 4 rings (SSSR count). The molecule has 1 aromatic heterocycles. The van der Waals surface area contributed by atoms with Crippen LogP contribution in [0, 0.1) is 19.7 Å². The number of hydrogen-bond acceptors (Lipinski definition) is 4. The van der Waals surface area contributed by atoms with Crippen LogP contribution in [0.1, 0.15) is 27.4 Å². The van der Waals surface area contributed by atoms with Crippen LogP contribution in [-0.4, -0.2) is 41.2 Å². The third-order valence-corrected chi connectivity index (χ3v) is 7.05. The summed E-state index contributed by atoms with van der Waals surface area (Å²) >= 11 is 0. The van der Waals surface area contributed by atoms with Gasteiger partial charge in [0.05, 0.1) is 16.6 Å². The average molecular weight is 441 g/mol. The highest BCUT2D eigenvalue weighted by Gasteiger charge is 2.25. The summed E-state index contributed by atoms with van der Waals surface area (Å²) in [4.78, 5) is 17.5. The van der Waals surface area contributed by atoms with Gasteiger partial charge in [-0.15, -0.1) is 0 Å². The van der Waals surface area contributed by atoms with Crippen molar-refractivity contribution < 1.29 is 17.8 Å². The summed E-state index contributed by atoms with van der Waals surface area (Å²) in [5.74, 6) is 0.342. The van der Waals surface area contributed by atoms with Gasteiger partial charge in [-0.1, -0.05) is 12.1 Å². The quantitative estimate of drug-likeness (QED) is 0.593. The molecule has 1 aliphatic heterocycles. The number of anilines is 1. The van der Waals surface area contributed by atoms with Gasteiger partial charge in [0.2, 0.25) is 0 Å². The van der Waals surface area contributed by atoms with Gasteiger partial charge < -0.3 is 14.2 Å². The minimum atomic E-state index is -1.37. The second-order valence-electron chi connectivity index (χ2n) is 7.71. The number of amides is 1. The maximum absolute atomic E-state index is 13.0. The highest BCUT2D eigenvalue weighted by atomic mass is 32.2. The maximum Gasteiger partial charge on any atom is 0.289 e. The molecule has 162 valence electrons. The summed E-state index contributed by atoms with van der Waals surface area (Å²) in [5, 5.41) is 0. The summed E-state index contributed by atoms with van der Waals surface area (Å²) in [6, 6.07) is 15.2. The molecule has 0 bridgehead atoms. The first-order valence-electron chi connectivity index (χ1n) is 10.3. The van der Waals surface area contributed by atoms with E-state index < -0.39 is 10.8 Å². The summed E-state index contributed by atoms with van der Waals surface area (Å²) in [5.41, 5.74) is 3.75. The molecule has 0 radical (unpaired) electrons. The van der Waals surface area contributed by atoms with E-state index >= 15 is 0 Å². The molecule has 0 saturated carbocycles. The first-order chi connectivity index (χ1) is 14.9. The second-order valence-corrected chi connectivity index (χ2v) is 9.16. The molecule has 1 fully saturated rings. The van der Waals surface area contributed by atoms with Gasteiger partial charge in [-0.05, 0) is 67.4 Å². The van der Waals surface area contributed by atoms with E-state index in [1.54, 1.807) is 17.0 Å². The van der Waals surface area contributed by atoms with Gasteiger partial charge in [-0.2, -0.15) is 0 Å². The largest absolute Gasteiger partial charge is 0.455 e. The van der Waals surface area contributed by atoms with Crippen LogP contribution in [0.3, 0.4) is 0 Å². The SMILES string of the molecule is Cc1cccc(N2CCN(C(=O)c3ccc(C[S@@](=O)c4ccc(F)cc4)o3)CC2)c1C. The minimum Gasteiger partial charge on any atom is -0.455 e. The monoisotopic (exact) mass is 440 g/mol. The standard InChI is InChI=1S/C24H25FN2O3S/c1-17-4-3-5-22(18(17)2)26-12-14-27(15-13-26)24(28)23-11-8-20(30-23)16-31(29)21-9-6-19(25)7-10-21/h3-11H,12-16H2,1-2H3/t31-/m1/s1. The van der Waals surface area contributed by atoms with Gasteiger partial charge >= 0.3 is 0 Å². The number of piperazine rings is 1. The van der Waals surface area contributed by atoms with Crippen molar-refractivity contribution in [3.05, 3.63) is 83.1 Å². The van der Waals surface area contributed by atoms with Crippen LogP contribution in [-0.2, 0) is 16.6 Å². The van der Waals surface area contributed by atoms with Crippen LogP contribution < -0.4 is 4.90 Å². The van der Waals surface area contributed by atoms with Crippen molar-refractivity contribution >= 4 is 22.4 Å². The lowest BCUT2D eigenvalue weighted by atomic mass is 10.1. The molecular weight excluding hydrogens is 415 g/mol. The summed E-state index contributed by atoms with van der Waals surface area (Å²) in [6.45, 7) is 6.99. The number of hydrogen-bond donors (Lipinski definition) is 0. The van der Waals surface area contributed by atoms with E-state index in [1.165, 1.54) is 41.1 Å². The van der Waals surface area contributed by atoms with Gasteiger partial charge in [-0.25, -0.2) is 4.39 Å². The first kappa shape index (κ1) is 21.3. The Bertz CT molecular complexity index is 1100. The van der Waals surface area contributed by atoms with Gasteiger partial charge in [0, 0.05) is 36.8 Å². The number of rotatable bonds is 5. The summed E-state index contributed by atoms with van der Waals surface area (Å²) < 4.78 is 31.2. The Morgan fingerprint density at radius 3 is 2.42 bits per heavy atom. The number of benzene rings is 2. The zero-order chi connectivity index (χ0) is 22.0. The van der Waals surface area contributed by atoms with E-state index in [4.69, 9.17) is 4.42 Å². The topological polar surface area (TPSA) is 53.8 Å². The summed E-state index contributed by atoms with van der Waals surface area (Å²) in [6.07, 6.45) is 0. The zero-order valence-electron chi connectivity index (χ0n) is 17.6. The Hall–Kier alpha value is -2.93. The number of halogens is 1.